The van der Waals surface area contributed by atoms with Gasteiger partial charge in [-0.25, -0.2) is 0 Å². The largest absolute Gasteiger partial charge is 0.492 e. The average Bonchev–Trinajstić information content (AvgIpc) is 2.99. The Balaban J connectivity index is 1.70. The Bertz CT molecular complexity index is 423. The molecule has 0 amide bonds. The van der Waals surface area contributed by atoms with Gasteiger partial charge in [-0.2, -0.15) is 0 Å². The molecular weight excluding hydrogens is 252 g/mol. The van der Waals surface area contributed by atoms with E-state index < -0.39 is 0 Å². The summed E-state index contributed by atoms with van der Waals surface area (Å²) in [5.41, 5.74) is 2.00. The smallest absolute Gasteiger partial charge is 0.119 e. The molecule has 0 aliphatic carbocycles. The Hall–Kier alpha value is -1.55. The monoisotopic (exact) mass is 276 g/mol. The fourth-order valence-corrected chi connectivity index (χ4v) is 2.43. The Morgan fingerprint density at radius 2 is 1.95 bits per heavy atom. The van der Waals surface area contributed by atoms with Crippen LogP contribution in [-0.2, 0) is 6.42 Å². The van der Waals surface area contributed by atoms with Gasteiger partial charge >= 0.3 is 0 Å². The lowest BCUT2D eigenvalue weighted by atomic mass is 10.1. The molecule has 1 heterocycles. The standard InChI is InChI=1S/C16H24N2O2/c1-14(17-19)4-5-15-6-8-16(9-7-15)20-13-12-18-10-2-3-11-18/h6-9,19H,2-5,10-13H2,1H3/b17-14-. The highest BCUT2D eigenvalue weighted by Gasteiger charge is 2.10. The van der Waals surface area contributed by atoms with Crippen LogP contribution in [0.25, 0.3) is 0 Å². The predicted octanol–water partition coefficient (Wildman–Crippen LogP) is 2.94. The minimum absolute atomic E-state index is 0.760. The van der Waals surface area contributed by atoms with Gasteiger partial charge in [0.1, 0.15) is 12.4 Å². The lowest BCUT2D eigenvalue weighted by Crippen LogP contribution is -2.25. The summed E-state index contributed by atoms with van der Waals surface area (Å²) in [5.74, 6) is 0.931. The van der Waals surface area contributed by atoms with E-state index in [0.717, 1.165) is 37.5 Å². The molecule has 1 saturated heterocycles. The summed E-state index contributed by atoms with van der Waals surface area (Å²) in [5, 5.41) is 11.8. The molecule has 1 aliphatic heterocycles. The zero-order chi connectivity index (χ0) is 14.2. The van der Waals surface area contributed by atoms with Crippen molar-refractivity contribution < 1.29 is 9.94 Å². The van der Waals surface area contributed by atoms with Crippen LogP contribution < -0.4 is 4.74 Å². The van der Waals surface area contributed by atoms with Gasteiger partial charge in [0.15, 0.2) is 0 Å². The van der Waals surface area contributed by atoms with Crippen molar-refractivity contribution in [3.63, 3.8) is 0 Å². The van der Waals surface area contributed by atoms with Crippen molar-refractivity contribution in [1.82, 2.24) is 4.90 Å². The SMILES string of the molecule is C/C(CCc1ccc(OCCN2CCCC2)cc1)=N/O. The molecule has 0 radical (unpaired) electrons. The summed E-state index contributed by atoms with van der Waals surface area (Å²) in [7, 11) is 0. The summed E-state index contributed by atoms with van der Waals surface area (Å²) < 4.78 is 5.76. The zero-order valence-corrected chi connectivity index (χ0v) is 12.2. The topological polar surface area (TPSA) is 45.1 Å². The number of ether oxygens (including phenoxy) is 1. The van der Waals surface area contributed by atoms with Crippen molar-refractivity contribution in [2.75, 3.05) is 26.2 Å². The van der Waals surface area contributed by atoms with Crippen molar-refractivity contribution in [3.05, 3.63) is 29.8 Å². The highest BCUT2D eigenvalue weighted by molar-refractivity contribution is 5.81. The summed E-state index contributed by atoms with van der Waals surface area (Å²) in [6.45, 7) is 6.04. The van der Waals surface area contributed by atoms with Crippen molar-refractivity contribution in [1.29, 1.82) is 0 Å². The fourth-order valence-electron chi connectivity index (χ4n) is 2.43. The van der Waals surface area contributed by atoms with Crippen LogP contribution in [0.15, 0.2) is 29.4 Å². The summed E-state index contributed by atoms with van der Waals surface area (Å²) in [6.07, 6.45) is 4.33. The minimum Gasteiger partial charge on any atom is -0.492 e. The maximum absolute atomic E-state index is 8.61. The van der Waals surface area contributed by atoms with E-state index in [9.17, 15) is 0 Å². The van der Waals surface area contributed by atoms with Crippen LogP contribution >= 0.6 is 0 Å². The summed E-state index contributed by atoms with van der Waals surface area (Å²) in [4.78, 5) is 2.45. The second-order valence-corrected chi connectivity index (χ2v) is 5.38. The zero-order valence-electron chi connectivity index (χ0n) is 12.2. The van der Waals surface area contributed by atoms with Crippen LogP contribution in [0.5, 0.6) is 5.75 Å². The first kappa shape index (κ1) is 14.9. The number of hydrogen-bond donors (Lipinski definition) is 1. The first-order valence-electron chi connectivity index (χ1n) is 7.39. The normalized spacial score (nSPS) is 16.6. The quantitative estimate of drug-likeness (QED) is 0.473. The second-order valence-electron chi connectivity index (χ2n) is 5.38. The van der Waals surface area contributed by atoms with Gasteiger partial charge in [-0.15, -0.1) is 0 Å². The lowest BCUT2D eigenvalue weighted by Gasteiger charge is -2.15. The molecule has 110 valence electrons. The molecule has 0 bridgehead atoms. The predicted molar refractivity (Wildman–Crippen MR) is 80.8 cm³/mol. The minimum atomic E-state index is 0.760. The summed E-state index contributed by atoms with van der Waals surface area (Å²) >= 11 is 0. The van der Waals surface area contributed by atoms with Crippen LogP contribution in [0.1, 0.15) is 31.7 Å². The van der Waals surface area contributed by atoms with Gasteiger partial charge in [-0.05, 0) is 63.4 Å². The molecular formula is C16H24N2O2. The molecule has 0 aromatic heterocycles. The maximum Gasteiger partial charge on any atom is 0.119 e. The first-order chi connectivity index (χ1) is 9.78. The van der Waals surface area contributed by atoms with E-state index in [1.54, 1.807) is 0 Å². The van der Waals surface area contributed by atoms with E-state index in [0.29, 0.717) is 0 Å². The van der Waals surface area contributed by atoms with E-state index in [1.807, 2.05) is 19.1 Å². The van der Waals surface area contributed by atoms with Crippen molar-refractivity contribution in [3.8, 4) is 5.75 Å². The van der Waals surface area contributed by atoms with Gasteiger partial charge < -0.3 is 9.94 Å². The highest BCUT2D eigenvalue weighted by atomic mass is 16.5. The van der Waals surface area contributed by atoms with Crippen LogP contribution in [0.4, 0.5) is 0 Å². The molecule has 1 aromatic carbocycles. The van der Waals surface area contributed by atoms with E-state index in [1.165, 1.54) is 31.5 Å². The van der Waals surface area contributed by atoms with Crippen LogP contribution in [0, 0.1) is 0 Å². The molecule has 1 aromatic rings. The van der Waals surface area contributed by atoms with Crippen molar-refractivity contribution in [2.24, 2.45) is 5.16 Å². The summed E-state index contributed by atoms with van der Waals surface area (Å²) in [6, 6.07) is 8.20. The average molecular weight is 276 g/mol. The Kier molecular flexibility index (Phi) is 5.87. The van der Waals surface area contributed by atoms with Gasteiger partial charge in [0.2, 0.25) is 0 Å². The molecule has 4 nitrogen and oxygen atoms in total. The van der Waals surface area contributed by atoms with E-state index in [-0.39, 0.29) is 0 Å². The second kappa shape index (κ2) is 7.90. The van der Waals surface area contributed by atoms with E-state index in [2.05, 4.69) is 22.2 Å². The number of aryl methyl sites for hydroxylation is 1. The molecule has 20 heavy (non-hydrogen) atoms. The van der Waals surface area contributed by atoms with Gasteiger partial charge in [0.05, 0.1) is 5.71 Å². The Morgan fingerprint density at radius 3 is 2.60 bits per heavy atom. The third-order valence-electron chi connectivity index (χ3n) is 3.74. The third-order valence-corrected chi connectivity index (χ3v) is 3.74. The molecule has 0 unspecified atom stereocenters. The number of benzene rings is 1. The molecule has 1 fully saturated rings. The van der Waals surface area contributed by atoms with Gasteiger partial charge in [0.25, 0.3) is 0 Å². The molecule has 4 heteroatoms. The number of likely N-dealkylation sites (tertiary alicyclic amines) is 1. The van der Waals surface area contributed by atoms with Gasteiger partial charge in [0, 0.05) is 6.54 Å². The maximum atomic E-state index is 8.61. The van der Waals surface area contributed by atoms with Crippen LogP contribution in [0.2, 0.25) is 0 Å². The first-order valence-corrected chi connectivity index (χ1v) is 7.39. The third kappa shape index (κ3) is 4.85. The van der Waals surface area contributed by atoms with Gasteiger partial charge in [-0.1, -0.05) is 17.3 Å². The van der Waals surface area contributed by atoms with Crippen molar-refractivity contribution in [2.45, 2.75) is 32.6 Å². The fraction of sp³-hybridized carbons (Fsp3) is 0.562. The molecule has 0 saturated carbocycles. The molecule has 1 aliphatic rings. The van der Waals surface area contributed by atoms with E-state index >= 15 is 0 Å². The van der Waals surface area contributed by atoms with Crippen LogP contribution in [0.3, 0.4) is 0 Å². The van der Waals surface area contributed by atoms with Crippen LogP contribution in [-0.4, -0.2) is 42.1 Å². The molecule has 1 N–H and O–H groups in total. The number of nitrogens with zero attached hydrogens (tertiary/aromatic N) is 2. The molecule has 0 atom stereocenters. The Labute approximate surface area is 121 Å². The molecule has 0 spiro atoms. The number of rotatable bonds is 7. The van der Waals surface area contributed by atoms with Crippen molar-refractivity contribution >= 4 is 5.71 Å². The van der Waals surface area contributed by atoms with Gasteiger partial charge in [-0.3, -0.25) is 4.90 Å². The Morgan fingerprint density at radius 1 is 1.25 bits per heavy atom. The highest BCUT2D eigenvalue weighted by Crippen LogP contribution is 2.14. The number of hydrogen-bond acceptors (Lipinski definition) is 4. The van der Waals surface area contributed by atoms with E-state index in [4.69, 9.17) is 9.94 Å². The lowest BCUT2D eigenvalue weighted by molar-refractivity contribution is 0.238. The number of oxime groups is 1. The molecule has 2 rings (SSSR count).